The van der Waals surface area contributed by atoms with Crippen LogP contribution in [0.3, 0.4) is 0 Å². The van der Waals surface area contributed by atoms with Crippen LogP contribution in [-0.2, 0) is 9.59 Å². The molecule has 0 aliphatic carbocycles. The molecule has 0 fully saturated rings. The lowest BCUT2D eigenvalue weighted by atomic mass is 9.88. The molecular weight excluding hydrogens is 915 g/mol. The van der Waals surface area contributed by atoms with E-state index in [1.165, 1.54) is 22.7 Å². The Kier molecular flexibility index (Phi) is 11.4. The van der Waals surface area contributed by atoms with Crippen LogP contribution in [0.4, 0.5) is 17.1 Å². The Morgan fingerprint density at radius 1 is 0.537 bits per heavy atom. The third kappa shape index (κ3) is 8.07. The van der Waals surface area contributed by atoms with Crippen molar-refractivity contribution in [3.8, 4) is 34.8 Å². The molecular formula is C54H33N3O6S4. The zero-order valence-electron chi connectivity index (χ0n) is 35.4. The first kappa shape index (κ1) is 42.9. The molecule has 10 aromatic rings. The zero-order valence-corrected chi connectivity index (χ0v) is 38.7. The maximum Gasteiger partial charge on any atom is 0.347 e. The normalized spacial score (nSPS) is 12.9. The first-order valence-electron chi connectivity index (χ1n) is 20.6. The van der Waals surface area contributed by atoms with Crippen LogP contribution in [0, 0.1) is 22.7 Å². The van der Waals surface area contributed by atoms with Gasteiger partial charge in [-0.3, -0.25) is 0 Å². The summed E-state index contributed by atoms with van der Waals surface area (Å²) < 4.78 is 17.7. The molecule has 4 heterocycles. The number of anilines is 3. The highest BCUT2D eigenvalue weighted by molar-refractivity contribution is 7.26. The van der Waals surface area contributed by atoms with Crippen molar-refractivity contribution < 1.29 is 29.3 Å². The average molecular weight is 948 g/mol. The number of carboxylic acid groups (broad SMARTS) is 2. The molecule has 13 heteroatoms. The van der Waals surface area contributed by atoms with E-state index in [2.05, 4.69) is 89.8 Å². The number of nitrogens with zero attached hydrogens (tertiary/aromatic N) is 3. The minimum atomic E-state index is -1.24. The molecule has 0 spiro atoms. The topological polar surface area (TPSA) is 144 Å². The summed E-state index contributed by atoms with van der Waals surface area (Å²) in [4.78, 5) is 25.7. The van der Waals surface area contributed by atoms with E-state index >= 15 is 0 Å². The summed E-state index contributed by atoms with van der Waals surface area (Å²) in [6.45, 7) is 0. The molecule has 0 saturated carbocycles. The number of carbonyl (C=O) groups is 2. The summed E-state index contributed by atoms with van der Waals surface area (Å²) in [6, 6.07) is 50.8. The molecule has 0 unspecified atom stereocenters. The lowest BCUT2D eigenvalue weighted by molar-refractivity contribution is -0.131. The van der Waals surface area contributed by atoms with Crippen LogP contribution in [-0.4, -0.2) is 36.4 Å². The number of aliphatic carboxylic acids is 2. The highest BCUT2D eigenvalue weighted by Crippen LogP contribution is 2.49. The number of benzene rings is 6. The smallest absolute Gasteiger partial charge is 0.347 e. The molecule has 4 aromatic heterocycles. The fraction of sp³-hybridized carbons (Fsp3) is 0.0370. The monoisotopic (exact) mass is 947 g/mol. The van der Waals surface area contributed by atoms with Crippen molar-refractivity contribution in [1.29, 1.82) is 10.5 Å². The molecule has 0 radical (unpaired) electrons. The van der Waals surface area contributed by atoms with Gasteiger partial charge in [0.2, 0.25) is 0 Å². The number of carboxylic acids is 2. The first-order valence-corrected chi connectivity index (χ1v) is 23.8. The van der Waals surface area contributed by atoms with E-state index in [0.717, 1.165) is 100 Å². The highest BCUT2D eigenvalue weighted by Gasteiger charge is 2.23. The predicted octanol–water partition coefficient (Wildman–Crippen LogP) is 10.9. The van der Waals surface area contributed by atoms with Crippen LogP contribution in [0.1, 0.15) is 11.1 Å². The number of hydrogen-bond acceptors (Lipinski definition) is 11. The minimum Gasteiger partial charge on any atom is -0.497 e. The van der Waals surface area contributed by atoms with Crippen LogP contribution in [0.5, 0.6) is 11.5 Å². The van der Waals surface area contributed by atoms with Crippen molar-refractivity contribution in [3.63, 3.8) is 0 Å². The average Bonchev–Trinajstić information content (AvgIpc) is 4.11. The third-order valence-corrected chi connectivity index (χ3v) is 15.8. The summed E-state index contributed by atoms with van der Waals surface area (Å²) in [5, 5.41) is 42.2. The van der Waals surface area contributed by atoms with Crippen molar-refractivity contribution in [2.75, 3.05) is 19.1 Å². The zero-order chi connectivity index (χ0) is 46.3. The molecule has 0 amide bonds. The Bertz CT molecular complexity index is 3670. The molecule has 0 bridgehead atoms. The quantitative estimate of drug-likeness (QED) is 0.128. The van der Waals surface area contributed by atoms with Crippen molar-refractivity contribution in [2.24, 2.45) is 0 Å². The van der Waals surface area contributed by atoms with Crippen LogP contribution in [0.25, 0.3) is 74.8 Å². The maximum atomic E-state index is 11.7. The van der Waals surface area contributed by atoms with Crippen molar-refractivity contribution in [2.45, 2.75) is 0 Å². The Morgan fingerprint density at radius 2 is 0.970 bits per heavy atom. The van der Waals surface area contributed by atoms with Crippen molar-refractivity contribution in [3.05, 3.63) is 169 Å². The van der Waals surface area contributed by atoms with Gasteiger partial charge >= 0.3 is 11.9 Å². The second-order valence-corrected chi connectivity index (χ2v) is 19.7. The van der Waals surface area contributed by atoms with Crippen molar-refractivity contribution >= 4 is 138 Å². The number of methoxy groups -OCH3 is 2. The van der Waals surface area contributed by atoms with E-state index in [1.807, 2.05) is 66.7 Å². The van der Waals surface area contributed by atoms with Crippen LogP contribution in [0.15, 0.2) is 140 Å². The fourth-order valence-electron chi connectivity index (χ4n) is 8.29. The molecule has 9 nitrogen and oxygen atoms in total. The fourth-order valence-corrected chi connectivity index (χ4v) is 13.0. The number of thiophene rings is 4. The van der Waals surface area contributed by atoms with E-state index < -0.39 is 11.9 Å². The van der Waals surface area contributed by atoms with Crippen molar-refractivity contribution in [1.82, 2.24) is 0 Å². The molecule has 67 heavy (non-hydrogen) atoms. The number of ether oxygens (including phenoxy) is 2. The van der Waals surface area contributed by atoms with Crippen LogP contribution >= 0.6 is 45.3 Å². The lowest BCUT2D eigenvalue weighted by Gasteiger charge is -2.30. The van der Waals surface area contributed by atoms with Gasteiger partial charge < -0.3 is 24.6 Å². The second kappa shape index (κ2) is 17.7. The number of nitriles is 2. The molecule has 0 atom stereocenters. The van der Waals surface area contributed by atoms with E-state index in [4.69, 9.17) is 9.47 Å². The molecule has 10 rings (SSSR count). The molecule has 0 aliphatic heterocycles. The van der Waals surface area contributed by atoms with Gasteiger partial charge in [0.05, 0.1) is 29.0 Å². The van der Waals surface area contributed by atoms with Crippen LogP contribution in [0.2, 0.25) is 0 Å². The summed E-state index contributed by atoms with van der Waals surface area (Å²) in [6.07, 6.45) is 4.27. The lowest BCUT2D eigenvalue weighted by Crippen LogP contribution is -2.12. The molecule has 324 valence electrons. The van der Waals surface area contributed by atoms with E-state index in [9.17, 15) is 30.3 Å². The standard InChI is InChI=1S/C54H33N3O6S4/c1-62-35-14-10-33(11-15-35)57(34-12-16-36(63-2)17-13-34)52-39-18-8-30(20-37-24-47-49(64-37)26-45(66-47)43(28-55)53(58)59)22-41(39)51(32-6-4-3-5-7-32)42-23-31(9-19-40(42)52)21-38-25-48-50(65-38)27-46(67-48)44(29-56)54(60)61/h3-27H,1-2H3,(H,58,59)(H,60,61)/b37-20+,38-21+,45-43-,46-44-. The molecule has 2 N–H and O–H groups in total. The Morgan fingerprint density at radius 3 is 1.36 bits per heavy atom. The number of rotatable bonds is 10. The second-order valence-electron chi connectivity index (χ2n) is 15.3. The van der Waals surface area contributed by atoms with Gasteiger partial charge in [-0.25, -0.2) is 9.59 Å². The summed E-state index contributed by atoms with van der Waals surface area (Å²) >= 11 is 5.69. The van der Waals surface area contributed by atoms with Gasteiger partial charge in [0, 0.05) is 50.0 Å². The Hall–Kier alpha value is -8.04. The molecule has 0 saturated heterocycles. The van der Waals surface area contributed by atoms with E-state index in [0.29, 0.717) is 9.06 Å². The van der Waals surface area contributed by atoms with Gasteiger partial charge in [-0.15, -0.1) is 45.3 Å². The largest absolute Gasteiger partial charge is 0.497 e. The predicted molar refractivity (Wildman–Crippen MR) is 273 cm³/mol. The van der Waals surface area contributed by atoms with Gasteiger partial charge in [-0.05, 0) is 130 Å². The Balaban J connectivity index is 1.26. The minimum absolute atomic E-state index is 0.264. The van der Waals surface area contributed by atoms with E-state index in [1.54, 1.807) is 49.0 Å². The Labute approximate surface area is 398 Å². The van der Waals surface area contributed by atoms with Gasteiger partial charge in [-0.2, -0.15) is 10.5 Å². The number of fused-ring (bicyclic) bond motifs is 4. The summed E-state index contributed by atoms with van der Waals surface area (Å²) in [5.41, 5.74) is 6.32. The van der Waals surface area contributed by atoms with Crippen LogP contribution < -0.4 is 32.5 Å². The summed E-state index contributed by atoms with van der Waals surface area (Å²) in [5.74, 6) is -1.01. The van der Waals surface area contributed by atoms with Gasteiger partial charge in [0.1, 0.15) is 23.6 Å². The van der Waals surface area contributed by atoms with Gasteiger partial charge in [0.25, 0.3) is 0 Å². The first-order chi connectivity index (χ1) is 32.6. The molecule has 0 aliphatic rings. The highest BCUT2D eigenvalue weighted by atomic mass is 32.1. The molecule has 6 aromatic carbocycles. The van der Waals surface area contributed by atoms with Gasteiger partial charge in [-0.1, -0.05) is 54.6 Å². The van der Waals surface area contributed by atoms with E-state index in [-0.39, 0.29) is 11.1 Å². The summed E-state index contributed by atoms with van der Waals surface area (Å²) in [7, 11) is 3.31. The SMILES string of the molecule is COc1ccc(N(c2ccc(OC)cc2)c2c3ccc(/C=c4\cc5s/c(=C(/C#N)C(=O)O)cc5s4)cc3c(-c3ccccc3)c3cc(/C=c4\cc5s/c(=C(/C#N)C(=O)O)cc5s4)ccc23)cc1. The maximum absolute atomic E-state index is 11.7. The number of hydrogen-bond donors (Lipinski definition) is 2. The third-order valence-electron chi connectivity index (χ3n) is 11.3. The van der Waals surface area contributed by atoms with Gasteiger partial charge in [0.15, 0.2) is 11.1 Å².